The zero-order chi connectivity index (χ0) is 10.5. The second-order valence-corrected chi connectivity index (χ2v) is 5.30. The Morgan fingerprint density at radius 3 is 2.00 bits per heavy atom. The standard InChI is InChI=1S/C13H26N2/c14-11-13(12-7-6-8-12)15-9-4-2-1-3-5-10-15/h12-13H,1-11,14H2. The Bertz CT molecular complexity index is 169. The van der Waals surface area contributed by atoms with Gasteiger partial charge in [-0.25, -0.2) is 0 Å². The molecule has 2 nitrogen and oxygen atoms in total. The van der Waals surface area contributed by atoms with Crippen LogP contribution in [0.1, 0.15) is 51.4 Å². The molecule has 88 valence electrons. The fraction of sp³-hybridized carbons (Fsp3) is 1.00. The number of rotatable bonds is 3. The molecule has 15 heavy (non-hydrogen) atoms. The van der Waals surface area contributed by atoms with Crippen molar-refractivity contribution in [3.05, 3.63) is 0 Å². The summed E-state index contributed by atoms with van der Waals surface area (Å²) in [5, 5.41) is 0. The van der Waals surface area contributed by atoms with Gasteiger partial charge in [-0.15, -0.1) is 0 Å². The van der Waals surface area contributed by atoms with Crippen LogP contribution in [-0.2, 0) is 0 Å². The van der Waals surface area contributed by atoms with Crippen LogP contribution in [0.5, 0.6) is 0 Å². The maximum atomic E-state index is 5.96. The molecule has 1 saturated carbocycles. The van der Waals surface area contributed by atoms with Crippen molar-refractivity contribution in [3.8, 4) is 0 Å². The van der Waals surface area contributed by atoms with Crippen LogP contribution in [0.3, 0.4) is 0 Å². The van der Waals surface area contributed by atoms with Crippen molar-refractivity contribution < 1.29 is 0 Å². The molecule has 2 fully saturated rings. The Labute approximate surface area is 94.2 Å². The third-order valence-corrected chi connectivity index (χ3v) is 4.30. The van der Waals surface area contributed by atoms with E-state index in [1.165, 1.54) is 64.5 Å². The minimum Gasteiger partial charge on any atom is -0.329 e. The van der Waals surface area contributed by atoms with Crippen molar-refractivity contribution in [3.63, 3.8) is 0 Å². The van der Waals surface area contributed by atoms with E-state index < -0.39 is 0 Å². The van der Waals surface area contributed by atoms with Crippen molar-refractivity contribution in [1.82, 2.24) is 4.90 Å². The molecular formula is C13H26N2. The minimum atomic E-state index is 0.705. The monoisotopic (exact) mass is 210 g/mol. The summed E-state index contributed by atoms with van der Waals surface area (Å²) in [5.41, 5.74) is 5.96. The largest absolute Gasteiger partial charge is 0.329 e. The van der Waals surface area contributed by atoms with E-state index in [9.17, 15) is 0 Å². The fourth-order valence-electron chi connectivity index (χ4n) is 3.07. The van der Waals surface area contributed by atoms with E-state index in [4.69, 9.17) is 5.73 Å². The smallest absolute Gasteiger partial charge is 0.0246 e. The lowest BCUT2D eigenvalue weighted by Gasteiger charge is -2.41. The van der Waals surface area contributed by atoms with Crippen LogP contribution in [0.25, 0.3) is 0 Å². The average Bonchev–Trinajstić information content (AvgIpc) is 2.11. The van der Waals surface area contributed by atoms with Gasteiger partial charge in [0.2, 0.25) is 0 Å². The fourth-order valence-corrected chi connectivity index (χ4v) is 3.07. The molecule has 1 aliphatic carbocycles. The summed E-state index contributed by atoms with van der Waals surface area (Å²) in [5.74, 6) is 0.925. The molecule has 2 heteroatoms. The predicted octanol–water partition coefficient (Wildman–Crippen LogP) is 2.38. The maximum absolute atomic E-state index is 5.96. The lowest BCUT2D eigenvalue weighted by molar-refractivity contribution is 0.0926. The topological polar surface area (TPSA) is 29.3 Å². The molecule has 0 spiro atoms. The number of likely N-dealkylation sites (tertiary alicyclic amines) is 1. The van der Waals surface area contributed by atoms with Gasteiger partial charge in [0, 0.05) is 12.6 Å². The number of nitrogens with two attached hydrogens (primary N) is 1. The third-order valence-electron chi connectivity index (χ3n) is 4.30. The molecule has 2 rings (SSSR count). The number of hydrogen-bond acceptors (Lipinski definition) is 2. The molecule has 1 aliphatic heterocycles. The lowest BCUT2D eigenvalue weighted by Crippen LogP contribution is -2.48. The molecule has 0 bridgehead atoms. The summed E-state index contributed by atoms with van der Waals surface area (Å²) < 4.78 is 0. The SMILES string of the molecule is NCC(C1CCC1)N1CCCCCCC1. The molecule has 0 radical (unpaired) electrons. The van der Waals surface area contributed by atoms with Gasteiger partial charge in [0.1, 0.15) is 0 Å². The number of hydrogen-bond donors (Lipinski definition) is 1. The van der Waals surface area contributed by atoms with E-state index in [2.05, 4.69) is 4.90 Å². The molecule has 1 unspecified atom stereocenters. The molecule has 0 aromatic carbocycles. The van der Waals surface area contributed by atoms with Gasteiger partial charge in [-0.05, 0) is 44.7 Å². The Balaban J connectivity index is 1.85. The van der Waals surface area contributed by atoms with Crippen molar-refractivity contribution >= 4 is 0 Å². The van der Waals surface area contributed by atoms with Crippen LogP contribution in [0.4, 0.5) is 0 Å². The van der Waals surface area contributed by atoms with Crippen LogP contribution >= 0.6 is 0 Å². The van der Waals surface area contributed by atoms with E-state index >= 15 is 0 Å². The molecule has 2 N–H and O–H groups in total. The first-order chi connectivity index (χ1) is 7.42. The molecule has 0 aromatic rings. The van der Waals surface area contributed by atoms with Crippen LogP contribution < -0.4 is 5.73 Å². The van der Waals surface area contributed by atoms with E-state index in [0.29, 0.717) is 6.04 Å². The molecule has 1 saturated heterocycles. The highest BCUT2D eigenvalue weighted by atomic mass is 15.2. The van der Waals surface area contributed by atoms with Crippen molar-refractivity contribution in [1.29, 1.82) is 0 Å². The van der Waals surface area contributed by atoms with Crippen LogP contribution in [0.15, 0.2) is 0 Å². The second kappa shape index (κ2) is 5.86. The van der Waals surface area contributed by atoms with E-state index in [1.54, 1.807) is 0 Å². The second-order valence-electron chi connectivity index (χ2n) is 5.30. The van der Waals surface area contributed by atoms with Crippen LogP contribution in [0.2, 0.25) is 0 Å². The maximum Gasteiger partial charge on any atom is 0.0246 e. The zero-order valence-corrected chi connectivity index (χ0v) is 9.96. The normalized spacial score (nSPS) is 27.8. The van der Waals surface area contributed by atoms with Gasteiger partial charge < -0.3 is 5.73 Å². The molecule has 0 amide bonds. The highest BCUT2D eigenvalue weighted by Crippen LogP contribution is 2.32. The van der Waals surface area contributed by atoms with Gasteiger partial charge in [0.05, 0.1) is 0 Å². The van der Waals surface area contributed by atoms with Gasteiger partial charge in [-0.1, -0.05) is 25.7 Å². The van der Waals surface area contributed by atoms with Crippen molar-refractivity contribution in [2.45, 2.75) is 57.4 Å². The first-order valence-electron chi connectivity index (χ1n) is 6.86. The molecular weight excluding hydrogens is 184 g/mol. The highest BCUT2D eigenvalue weighted by Gasteiger charge is 2.30. The molecule has 0 aromatic heterocycles. The lowest BCUT2D eigenvalue weighted by atomic mass is 9.79. The Hall–Kier alpha value is -0.0800. The summed E-state index contributed by atoms with van der Waals surface area (Å²) in [6, 6.07) is 0.705. The predicted molar refractivity (Wildman–Crippen MR) is 64.8 cm³/mol. The molecule has 1 atom stereocenters. The quantitative estimate of drug-likeness (QED) is 0.775. The minimum absolute atomic E-state index is 0.705. The Morgan fingerprint density at radius 2 is 1.53 bits per heavy atom. The van der Waals surface area contributed by atoms with Gasteiger partial charge in [0.25, 0.3) is 0 Å². The highest BCUT2D eigenvalue weighted by molar-refractivity contribution is 4.86. The van der Waals surface area contributed by atoms with E-state index in [1.807, 2.05) is 0 Å². The number of nitrogens with zero attached hydrogens (tertiary/aromatic N) is 1. The summed E-state index contributed by atoms with van der Waals surface area (Å²) in [4.78, 5) is 2.70. The zero-order valence-electron chi connectivity index (χ0n) is 9.96. The van der Waals surface area contributed by atoms with Gasteiger partial charge in [-0.2, -0.15) is 0 Å². The molecule has 2 aliphatic rings. The van der Waals surface area contributed by atoms with Crippen LogP contribution in [0, 0.1) is 5.92 Å². The van der Waals surface area contributed by atoms with Crippen molar-refractivity contribution in [2.24, 2.45) is 11.7 Å². The Kier molecular flexibility index (Phi) is 4.45. The first-order valence-corrected chi connectivity index (χ1v) is 6.86. The first kappa shape index (κ1) is 11.4. The molecule has 1 heterocycles. The average molecular weight is 210 g/mol. The van der Waals surface area contributed by atoms with Gasteiger partial charge in [-0.3, -0.25) is 4.90 Å². The van der Waals surface area contributed by atoms with E-state index in [0.717, 1.165) is 12.5 Å². The Morgan fingerprint density at radius 1 is 0.933 bits per heavy atom. The third kappa shape index (κ3) is 2.94. The summed E-state index contributed by atoms with van der Waals surface area (Å²) in [7, 11) is 0. The van der Waals surface area contributed by atoms with Crippen LogP contribution in [-0.4, -0.2) is 30.6 Å². The summed E-state index contributed by atoms with van der Waals surface area (Å²) >= 11 is 0. The van der Waals surface area contributed by atoms with Crippen molar-refractivity contribution in [2.75, 3.05) is 19.6 Å². The van der Waals surface area contributed by atoms with Gasteiger partial charge in [0.15, 0.2) is 0 Å². The summed E-state index contributed by atoms with van der Waals surface area (Å²) in [6.07, 6.45) is 11.4. The van der Waals surface area contributed by atoms with Gasteiger partial charge >= 0.3 is 0 Å². The summed E-state index contributed by atoms with van der Waals surface area (Å²) in [6.45, 7) is 3.49. The van der Waals surface area contributed by atoms with E-state index in [-0.39, 0.29) is 0 Å².